The van der Waals surface area contributed by atoms with E-state index in [0.717, 1.165) is 28.0 Å². The highest BCUT2D eigenvalue weighted by atomic mass is 16.6. The molecule has 2 heterocycles. The van der Waals surface area contributed by atoms with Gasteiger partial charge in [0.2, 0.25) is 0 Å². The zero-order valence-corrected chi connectivity index (χ0v) is 15.4. The van der Waals surface area contributed by atoms with Gasteiger partial charge in [-0.1, -0.05) is 44.2 Å². The number of carbonyl (C=O) groups is 1. The highest BCUT2D eigenvalue weighted by Gasteiger charge is 2.22. The average molecular weight is 362 g/mol. The van der Waals surface area contributed by atoms with Gasteiger partial charge in [-0.15, -0.1) is 0 Å². The maximum atomic E-state index is 12.8. The lowest BCUT2D eigenvalue weighted by Crippen LogP contribution is -2.32. The summed E-state index contributed by atoms with van der Waals surface area (Å²) in [5.74, 6) is 1.49. The fourth-order valence-electron chi connectivity index (χ4n) is 3.30. The fraction of sp³-hybridized carbons (Fsp3) is 0.273. The van der Waals surface area contributed by atoms with Crippen molar-refractivity contribution >= 4 is 16.8 Å². The van der Waals surface area contributed by atoms with Gasteiger partial charge in [0.25, 0.3) is 5.91 Å². The number of para-hydroxylation sites is 1. The lowest BCUT2D eigenvalue weighted by molar-refractivity contribution is 0.0920. The van der Waals surface area contributed by atoms with Crippen molar-refractivity contribution in [3.8, 4) is 11.5 Å². The van der Waals surface area contributed by atoms with Gasteiger partial charge in [0.15, 0.2) is 11.5 Å². The molecule has 27 heavy (non-hydrogen) atoms. The average Bonchev–Trinajstić information content (AvgIpc) is 2.71. The van der Waals surface area contributed by atoms with Crippen molar-refractivity contribution in [3.63, 3.8) is 0 Å². The Balaban J connectivity index is 1.59. The first-order valence-electron chi connectivity index (χ1n) is 9.18. The molecule has 2 aromatic carbocycles. The molecule has 0 bridgehead atoms. The van der Waals surface area contributed by atoms with Crippen LogP contribution in [0, 0.1) is 5.92 Å². The van der Waals surface area contributed by atoms with Crippen LogP contribution in [0.5, 0.6) is 11.5 Å². The maximum Gasteiger partial charge on any atom is 0.270 e. The summed E-state index contributed by atoms with van der Waals surface area (Å²) in [6.45, 7) is 5.26. The molecule has 1 aromatic heterocycles. The number of aromatic nitrogens is 1. The molecule has 5 nitrogen and oxygen atoms in total. The molecule has 1 aliphatic heterocycles. The Morgan fingerprint density at radius 3 is 2.59 bits per heavy atom. The van der Waals surface area contributed by atoms with E-state index in [1.807, 2.05) is 48.5 Å². The fourth-order valence-corrected chi connectivity index (χ4v) is 3.30. The first kappa shape index (κ1) is 17.3. The van der Waals surface area contributed by atoms with E-state index >= 15 is 0 Å². The van der Waals surface area contributed by atoms with Gasteiger partial charge in [0, 0.05) is 5.39 Å². The number of nitrogens with one attached hydrogen (secondary N) is 1. The first-order chi connectivity index (χ1) is 13.1. The third-order valence-electron chi connectivity index (χ3n) is 4.71. The van der Waals surface area contributed by atoms with E-state index in [-0.39, 0.29) is 17.9 Å². The van der Waals surface area contributed by atoms with Gasteiger partial charge in [0.1, 0.15) is 18.9 Å². The number of amides is 1. The van der Waals surface area contributed by atoms with Crippen molar-refractivity contribution in [2.45, 2.75) is 19.9 Å². The van der Waals surface area contributed by atoms with Crippen LogP contribution in [0.4, 0.5) is 0 Å². The minimum absolute atomic E-state index is 0.151. The van der Waals surface area contributed by atoms with Crippen LogP contribution in [-0.4, -0.2) is 24.1 Å². The van der Waals surface area contributed by atoms with Crippen molar-refractivity contribution in [3.05, 3.63) is 65.9 Å². The molecule has 5 heteroatoms. The van der Waals surface area contributed by atoms with Gasteiger partial charge in [0.05, 0.1) is 11.6 Å². The summed E-state index contributed by atoms with van der Waals surface area (Å²) < 4.78 is 11.3. The number of benzene rings is 2. The SMILES string of the molecule is CC(C)[C@H](NC(=O)c1ccc2ccccc2n1)c1ccc2c(c1)OCCO2. The molecule has 4 rings (SSSR count). The highest BCUT2D eigenvalue weighted by molar-refractivity contribution is 5.95. The Morgan fingerprint density at radius 1 is 1.00 bits per heavy atom. The Labute approximate surface area is 158 Å². The second-order valence-electron chi connectivity index (χ2n) is 6.99. The van der Waals surface area contributed by atoms with Crippen LogP contribution in [0.1, 0.15) is 35.9 Å². The zero-order chi connectivity index (χ0) is 18.8. The van der Waals surface area contributed by atoms with Gasteiger partial charge >= 0.3 is 0 Å². The third-order valence-corrected chi connectivity index (χ3v) is 4.71. The normalized spacial score (nSPS) is 14.2. The molecule has 1 amide bonds. The Hall–Kier alpha value is -3.08. The van der Waals surface area contributed by atoms with Gasteiger partial charge in [-0.3, -0.25) is 4.79 Å². The van der Waals surface area contributed by atoms with E-state index in [9.17, 15) is 4.79 Å². The molecule has 1 aliphatic rings. The molecular formula is C22H22N2O3. The number of nitrogens with zero attached hydrogens (tertiary/aromatic N) is 1. The lowest BCUT2D eigenvalue weighted by Gasteiger charge is -2.25. The second-order valence-corrected chi connectivity index (χ2v) is 6.99. The third kappa shape index (κ3) is 3.58. The van der Waals surface area contributed by atoms with Gasteiger partial charge in [-0.25, -0.2) is 4.98 Å². The van der Waals surface area contributed by atoms with Crippen molar-refractivity contribution in [1.29, 1.82) is 0 Å². The smallest absolute Gasteiger partial charge is 0.270 e. The van der Waals surface area contributed by atoms with Crippen LogP contribution >= 0.6 is 0 Å². The number of ether oxygens (including phenoxy) is 2. The van der Waals surface area contributed by atoms with Crippen molar-refractivity contribution in [1.82, 2.24) is 10.3 Å². The molecular weight excluding hydrogens is 340 g/mol. The van der Waals surface area contributed by atoms with Crippen LogP contribution in [0.15, 0.2) is 54.6 Å². The largest absolute Gasteiger partial charge is 0.486 e. The Bertz CT molecular complexity index is 984. The number of fused-ring (bicyclic) bond motifs is 2. The van der Waals surface area contributed by atoms with Gasteiger partial charge in [-0.05, 0) is 35.7 Å². The predicted octanol–water partition coefficient (Wildman–Crippen LogP) is 4.13. The Morgan fingerprint density at radius 2 is 1.78 bits per heavy atom. The predicted molar refractivity (Wildman–Crippen MR) is 104 cm³/mol. The summed E-state index contributed by atoms with van der Waals surface area (Å²) in [7, 11) is 0. The first-order valence-corrected chi connectivity index (χ1v) is 9.18. The summed E-state index contributed by atoms with van der Waals surface area (Å²) in [5, 5.41) is 4.14. The van der Waals surface area contributed by atoms with Gasteiger partial charge < -0.3 is 14.8 Å². The molecule has 0 fully saturated rings. The topological polar surface area (TPSA) is 60.5 Å². The zero-order valence-electron chi connectivity index (χ0n) is 15.4. The monoisotopic (exact) mass is 362 g/mol. The molecule has 0 aliphatic carbocycles. The van der Waals surface area contributed by atoms with Crippen LogP contribution in [0.25, 0.3) is 10.9 Å². The van der Waals surface area contributed by atoms with Crippen LogP contribution in [0.2, 0.25) is 0 Å². The lowest BCUT2D eigenvalue weighted by atomic mass is 9.95. The van der Waals surface area contributed by atoms with Gasteiger partial charge in [-0.2, -0.15) is 0 Å². The minimum atomic E-state index is -0.186. The summed E-state index contributed by atoms with van der Waals surface area (Å²) >= 11 is 0. The minimum Gasteiger partial charge on any atom is -0.486 e. The number of carbonyl (C=O) groups excluding carboxylic acids is 1. The molecule has 138 valence electrons. The van der Waals surface area contributed by atoms with Crippen molar-refractivity contribution < 1.29 is 14.3 Å². The van der Waals surface area contributed by atoms with E-state index in [0.29, 0.717) is 18.9 Å². The number of hydrogen-bond donors (Lipinski definition) is 1. The summed E-state index contributed by atoms with van der Waals surface area (Å²) in [5.41, 5.74) is 2.21. The highest BCUT2D eigenvalue weighted by Crippen LogP contribution is 2.34. The van der Waals surface area contributed by atoms with Crippen molar-refractivity contribution in [2.24, 2.45) is 5.92 Å². The molecule has 0 saturated carbocycles. The number of hydrogen-bond acceptors (Lipinski definition) is 4. The molecule has 0 radical (unpaired) electrons. The molecule has 0 unspecified atom stereocenters. The van der Waals surface area contributed by atoms with E-state index in [2.05, 4.69) is 24.1 Å². The van der Waals surface area contributed by atoms with Crippen molar-refractivity contribution in [2.75, 3.05) is 13.2 Å². The van der Waals surface area contributed by atoms with E-state index < -0.39 is 0 Å². The quantitative estimate of drug-likeness (QED) is 0.758. The van der Waals surface area contributed by atoms with Crippen LogP contribution in [-0.2, 0) is 0 Å². The number of pyridine rings is 1. The number of rotatable bonds is 4. The van der Waals surface area contributed by atoms with Crippen LogP contribution in [0.3, 0.4) is 0 Å². The molecule has 1 atom stereocenters. The Kier molecular flexibility index (Phi) is 4.67. The summed E-state index contributed by atoms with van der Waals surface area (Å²) in [6.07, 6.45) is 0. The molecule has 3 aromatic rings. The second kappa shape index (κ2) is 7.27. The molecule has 0 spiro atoms. The molecule has 0 saturated heterocycles. The summed E-state index contributed by atoms with van der Waals surface area (Å²) in [4.78, 5) is 17.3. The van der Waals surface area contributed by atoms with Crippen LogP contribution < -0.4 is 14.8 Å². The molecule has 1 N–H and O–H groups in total. The summed E-state index contributed by atoms with van der Waals surface area (Å²) in [6, 6.07) is 17.1. The van der Waals surface area contributed by atoms with E-state index in [4.69, 9.17) is 9.47 Å². The van der Waals surface area contributed by atoms with E-state index in [1.54, 1.807) is 6.07 Å². The van der Waals surface area contributed by atoms with E-state index in [1.165, 1.54) is 0 Å². The maximum absolute atomic E-state index is 12.8. The standard InChI is InChI=1S/C22H22N2O3/c1-14(2)21(16-8-10-19-20(13-16)27-12-11-26-19)24-22(25)18-9-7-15-5-3-4-6-17(15)23-18/h3-10,13-14,21H,11-12H2,1-2H3,(H,24,25)/t21-/m0/s1.